The Morgan fingerprint density at radius 3 is 2.37 bits per heavy atom. The molecule has 8 nitrogen and oxygen atoms in total. The topological polar surface area (TPSA) is 130 Å². The number of allylic oxidation sites excluding steroid dienone is 5. The molecule has 1 saturated heterocycles. The minimum Gasteiger partial charge on any atom is -0.478 e. The number of piperidine rings is 1. The van der Waals surface area contributed by atoms with Gasteiger partial charge < -0.3 is 14.9 Å². The van der Waals surface area contributed by atoms with Crippen LogP contribution in [0, 0.1) is 11.8 Å². The molecule has 1 rings (SSSR count). The molecule has 1 heterocycles. The van der Waals surface area contributed by atoms with Gasteiger partial charge in [-0.1, -0.05) is 42.9 Å². The summed E-state index contributed by atoms with van der Waals surface area (Å²) in [6.45, 7) is 5.51. The van der Waals surface area contributed by atoms with Crippen LogP contribution in [0.2, 0.25) is 0 Å². The van der Waals surface area contributed by atoms with Gasteiger partial charge in [0.25, 0.3) is 0 Å². The minimum absolute atomic E-state index is 0.00120. The van der Waals surface area contributed by atoms with Gasteiger partial charge in [0.05, 0.1) is 6.10 Å². The fourth-order valence-corrected chi connectivity index (χ4v) is 4.03. The molecule has 0 aliphatic carbocycles. The van der Waals surface area contributed by atoms with Crippen LogP contribution in [-0.2, 0) is 23.9 Å². The molecule has 0 saturated carbocycles. The predicted octanol–water partition coefficient (Wildman–Crippen LogP) is 3.66. The van der Waals surface area contributed by atoms with Crippen molar-refractivity contribution in [3.05, 3.63) is 47.6 Å². The molecule has 0 bridgehead atoms. The molecule has 3 atom stereocenters. The number of ketones is 1. The van der Waals surface area contributed by atoms with E-state index in [1.807, 2.05) is 26.0 Å². The summed E-state index contributed by atoms with van der Waals surface area (Å²) in [5.74, 6) is -1.68. The smallest absolute Gasteiger partial charge is 0.327 e. The van der Waals surface area contributed by atoms with Crippen LogP contribution in [0.5, 0.6) is 0 Å². The number of hydrogen-bond donors (Lipinski definition) is 3. The quantitative estimate of drug-likeness (QED) is 0.105. The lowest BCUT2D eigenvalue weighted by atomic mass is 9.90. The van der Waals surface area contributed by atoms with Crippen LogP contribution >= 0.6 is 0 Å². The summed E-state index contributed by atoms with van der Waals surface area (Å²) in [7, 11) is 1.52. The molecule has 0 aromatic rings. The minimum atomic E-state index is -0.978. The monoisotopic (exact) mass is 489 g/mol. The summed E-state index contributed by atoms with van der Waals surface area (Å²) in [5.41, 5.74) is 1.48. The number of nitrogens with one attached hydrogen (secondary N) is 1. The molecule has 0 spiro atoms. The highest BCUT2D eigenvalue weighted by Gasteiger charge is 2.24. The molecule has 0 aromatic carbocycles. The molecule has 1 aliphatic heterocycles. The number of aliphatic hydroxyl groups excluding tert-OH is 1. The summed E-state index contributed by atoms with van der Waals surface area (Å²) in [6.07, 6.45) is 12.2. The van der Waals surface area contributed by atoms with Crippen molar-refractivity contribution in [2.75, 3.05) is 7.11 Å². The van der Waals surface area contributed by atoms with Crippen molar-refractivity contribution >= 4 is 23.6 Å². The number of methoxy groups -OCH3 is 1. The number of aliphatic carboxylic acids is 1. The number of rotatable bonds is 15. The number of imide groups is 1. The number of Topliss-reactive ketones (excluding diaryl/α,β-unsaturated/α-hetero) is 1. The Morgan fingerprint density at radius 1 is 1.14 bits per heavy atom. The van der Waals surface area contributed by atoms with E-state index < -0.39 is 18.2 Å². The summed E-state index contributed by atoms with van der Waals surface area (Å²) in [4.78, 5) is 45.9. The van der Waals surface area contributed by atoms with Crippen LogP contribution < -0.4 is 5.32 Å². The van der Waals surface area contributed by atoms with E-state index in [1.54, 1.807) is 25.2 Å². The summed E-state index contributed by atoms with van der Waals surface area (Å²) < 4.78 is 5.39. The maximum atomic E-state index is 12.5. The third-order valence-electron chi connectivity index (χ3n) is 5.89. The van der Waals surface area contributed by atoms with E-state index in [0.717, 1.165) is 11.6 Å². The maximum absolute atomic E-state index is 12.5. The Balaban J connectivity index is 2.56. The zero-order valence-corrected chi connectivity index (χ0v) is 21.2. The van der Waals surface area contributed by atoms with E-state index in [1.165, 1.54) is 7.11 Å². The maximum Gasteiger partial charge on any atom is 0.327 e. The number of carbonyl (C=O) groups is 4. The molecule has 8 heteroatoms. The van der Waals surface area contributed by atoms with Crippen LogP contribution in [0.3, 0.4) is 0 Å². The average molecular weight is 490 g/mol. The lowest BCUT2D eigenvalue weighted by Crippen LogP contribution is -2.38. The van der Waals surface area contributed by atoms with E-state index in [4.69, 9.17) is 9.84 Å². The first-order valence-electron chi connectivity index (χ1n) is 12.0. The van der Waals surface area contributed by atoms with E-state index in [-0.39, 0.29) is 29.4 Å². The Bertz CT molecular complexity index is 853. The zero-order chi connectivity index (χ0) is 26.4. The lowest BCUT2D eigenvalue weighted by Gasteiger charge is -2.23. The highest BCUT2D eigenvalue weighted by molar-refractivity contribution is 5.97. The number of ether oxygens (including phenoxy) is 1. The van der Waals surface area contributed by atoms with Crippen LogP contribution in [0.15, 0.2) is 47.6 Å². The van der Waals surface area contributed by atoms with Crippen molar-refractivity contribution in [1.29, 1.82) is 0 Å². The lowest BCUT2D eigenvalue weighted by molar-refractivity contribution is -0.135. The van der Waals surface area contributed by atoms with Gasteiger partial charge in [-0.15, -0.1) is 0 Å². The van der Waals surface area contributed by atoms with Crippen LogP contribution in [0.1, 0.15) is 65.7 Å². The Labute approximate surface area is 207 Å². The van der Waals surface area contributed by atoms with Crippen molar-refractivity contribution < 1.29 is 34.1 Å². The molecular formula is C27H39NO7. The number of amides is 2. The molecular weight excluding hydrogens is 450 g/mol. The van der Waals surface area contributed by atoms with Crippen LogP contribution in [0.4, 0.5) is 0 Å². The second-order valence-corrected chi connectivity index (χ2v) is 9.10. The van der Waals surface area contributed by atoms with E-state index in [2.05, 4.69) is 5.32 Å². The van der Waals surface area contributed by atoms with Gasteiger partial charge in [-0.3, -0.25) is 19.7 Å². The molecule has 2 amide bonds. The highest BCUT2D eigenvalue weighted by Crippen LogP contribution is 2.21. The van der Waals surface area contributed by atoms with Gasteiger partial charge in [0.15, 0.2) is 5.78 Å². The normalized spacial score (nSPS) is 18.7. The van der Waals surface area contributed by atoms with Gasteiger partial charge in [0.2, 0.25) is 11.8 Å². The fraction of sp³-hybridized carbons (Fsp3) is 0.556. The Kier molecular flexibility index (Phi) is 13.8. The van der Waals surface area contributed by atoms with Gasteiger partial charge in [-0.25, -0.2) is 4.79 Å². The SMILES string of the molecule is CO[C@@H](/C=C/CC/C=C/C(=O)O)[C@H](O)[C@@H](C)/C=C(C)/C=C(\C)C(=O)CCCC1CC(=O)NC(=O)C1. The average Bonchev–Trinajstić information content (AvgIpc) is 2.77. The summed E-state index contributed by atoms with van der Waals surface area (Å²) in [6, 6.07) is 0. The van der Waals surface area contributed by atoms with Gasteiger partial charge in [0, 0.05) is 38.4 Å². The second-order valence-electron chi connectivity index (χ2n) is 9.10. The largest absolute Gasteiger partial charge is 0.478 e. The number of carboxylic acid groups (broad SMARTS) is 1. The summed E-state index contributed by atoms with van der Waals surface area (Å²) >= 11 is 0. The molecule has 194 valence electrons. The predicted molar refractivity (Wildman–Crippen MR) is 133 cm³/mol. The van der Waals surface area contributed by atoms with Crippen LogP contribution in [0.25, 0.3) is 0 Å². The highest BCUT2D eigenvalue weighted by atomic mass is 16.5. The van der Waals surface area contributed by atoms with Crippen molar-refractivity contribution in [3.63, 3.8) is 0 Å². The third-order valence-corrected chi connectivity index (χ3v) is 5.89. The zero-order valence-electron chi connectivity index (χ0n) is 21.2. The van der Waals surface area contributed by atoms with Gasteiger partial charge in [-0.2, -0.15) is 0 Å². The van der Waals surface area contributed by atoms with Crippen molar-refractivity contribution in [3.8, 4) is 0 Å². The molecule has 3 N–H and O–H groups in total. The number of carbonyl (C=O) groups excluding carboxylic acids is 3. The second kappa shape index (κ2) is 15.9. The van der Waals surface area contributed by atoms with E-state index >= 15 is 0 Å². The van der Waals surface area contributed by atoms with Crippen molar-refractivity contribution in [1.82, 2.24) is 5.32 Å². The van der Waals surface area contributed by atoms with Crippen molar-refractivity contribution in [2.45, 2.75) is 77.9 Å². The molecule has 0 radical (unpaired) electrons. The molecule has 0 aromatic heterocycles. The molecule has 1 aliphatic rings. The number of unbranched alkanes of at least 4 members (excludes halogenated alkanes) is 1. The standard InChI is InChI=1S/C27H39NO7/c1-18(14-19(2)22(29)11-9-10-21-16-24(30)28-25(31)17-21)15-20(3)27(34)23(35-4)12-7-5-6-8-13-26(32)33/h7-8,12-15,20-21,23,27,34H,5-6,9-11,16-17H2,1-4H3,(H,32,33)(H,28,30,31)/b12-7+,13-8+,18-15+,19-14+/t20-,23-,27+/m0/s1. The third kappa shape index (κ3) is 12.4. The van der Waals surface area contributed by atoms with E-state index in [0.29, 0.717) is 50.5 Å². The first kappa shape index (κ1) is 30.2. The van der Waals surface area contributed by atoms with Crippen LogP contribution in [-0.4, -0.2) is 53.1 Å². The number of carboxylic acids is 1. The first-order chi connectivity index (χ1) is 16.5. The molecule has 0 unspecified atom stereocenters. The van der Waals surface area contributed by atoms with Gasteiger partial charge in [-0.05, 0) is 51.0 Å². The number of aliphatic hydroxyl groups is 1. The van der Waals surface area contributed by atoms with Gasteiger partial charge >= 0.3 is 5.97 Å². The Hall–Kier alpha value is -2.84. The first-order valence-corrected chi connectivity index (χ1v) is 12.0. The molecule has 35 heavy (non-hydrogen) atoms. The van der Waals surface area contributed by atoms with Gasteiger partial charge in [0.1, 0.15) is 6.10 Å². The number of hydrogen-bond acceptors (Lipinski definition) is 6. The fourth-order valence-electron chi connectivity index (χ4n) is 4.03. The Morgan fingerprint density at radius 2 is 1.77 bits per heavy atom. The summed E-state index contributed by atoms with van der Waals surface area (Å²) in [5, 5.41) is 21.5. The molecule has 1 fully saturated rings. The van der Waals surface area contributed by atoms with E-state index in [9.17, 15) is 24.3 Å². The van der Waals surface area contributed by atoms with Crippen molar-refractivity contribution in [2.24, 2.45) is 11.8 Å².